The van der Waals surface area contributed by atoms with Crippen molar-refractivity contribution in [3.05, 3.63) is 72.9 Å². The molecule has 0 amide bonds. The maximum Gasteiger partial charge on any atom is 0.361 e. The number of carbonyl (C=O) groups excluding carboxylic acids is 2. The number of esters is 2. The number of likely N-dealkylation sites (N-methyl/N-ethyl adjacent to an activating group) is 1. The molecule has 0 aromatic heterocycles. The average Bonchev–Trinajstić information content (AvgIpc) is 3.74. The molecule has 0 heterocycles. The van der Waals surface area contributed by atoms with Gasteiger partial charge in [-0.2, -0.15) is 0 Å². The molecule has 0 aromatic rings. The molecule has 2 unspecified atom stereocenters. The summed E-state index contributed by atoms with van der Waals surface area (Å²) in [5.41, 5.74) is 0. The molecule has 566 valence electrons. The minimum atomic E-state index is -1.51. The van der Waals surface area contributed by atoms with Crippen LogP contribution in [0.3, 0.4) is 0 Å². The van der Waals surface area contributed by atoms with Gasteiger partial charge in [0.2, 0.25) is 0 Å². The molecule has 0 rings (SSSR count). The Kier molecular flexibility index (Phi) is 75.8. The molecular formula is C88H162NO8+. The van der Waals surface area contributed by atoms with Gasteiger partial charge in [0.25, 0.3) is 6.29 Å². The lowest BCUT2D eigenvalue weighted by Gasteiger charge is -2.25. The number of carbonyl (C=O) groups is 3. The first-order valence-electron chi connectivity index (χ1n) is 42.1. The summed E-state index contributed by atoms with van der Waals surface area (Å²) in [4.78, 5) is 37.8. The highest BCUT2D eigenvalue weighted by Crippen LogP contribution is 2.20. The first kappa shape index (κ1) is 93.7. The second-order valence-electron chi connectivity index (χ2n) is 29.8. The van der Waals surface area contributed by atoms with Crippen LogP contribution in [0, 0.1) is 0 Å². The van der Waals surface area contributed by atoms with Gasteiger partial charge < -0.3 is 28.5 Å². The topological polar surface area (TPSA) is 108 Å². The number of nitrogens with zero attached hydrogens (tertiary/aromatic N) is 1. The van der Waals surface area contributed by atoms with Crippen LogP contribution in [0.15, 0.2) is 72.9 Å². The number of carboxylic acids is 1. The van der Waals surface area contributed by atoms with Crippen LogP contribution in [0.5, 0.6) is 0 Å². The second kappa shape index (κ2) is 78.4. The lowest BCUT2D eigenvalue weighted by Crippen LogP contribution is -2.40. The normalized spacial score (nSPS) is 13.0. The van der Waals surface area contributed by atoms with Crippen LogP contribution < -0.4 is 0 Å². The van der Waals surface area contributed by atoms with E-state index in [9.17, 15) is 19.5 Å². The van der Waals surface area contributed by atoms with Crippen LogP contribution in [-0.4, -0.2) is 87.4 Å². The van der Waals surface area contributed by atoms with Crippen molar-refractivity contribution < 1.29 is 42.9 Å². The van der Waals surface area contributed by atoms with Crippen molar-refractivity contribution in [3.63, 3.8) is 0 Å². The third kappa shape index (κ3) is 79.9. The minimum absolute atomic E-state index is 0.178. The van der Waals surface area contributed by atoms with E-state index in [2.05, 4.69) is 86.8 Å². The summed E-state index contributed by atoms with van der Waals surface area (Å²) >= 11 is 0. The summed E-state index contributed by atoms with van der Waals surface area (Å²) in [6, 6.07) is 0. The minimum Gasteiger partial charge on any atom is -0.477 e. The van der Waals surface area contributed by atoms with Gasteiger partial charge in [-0.25, -0.2) is 4.79 Å². The van der Waals surface area contributed by atoms with E-state index in [0.717, 1.165) is 77.0 Å². The molecule has 9 nitrogen and oxygen atoms in total. The van der Waals surface area contributed by atoms with Gasteiger partial charge in [0, 0.05) is 12.8 Å². The fraction of sp³-hybridized carbons (Fsp3) is 0.830. The zero-order valence-corrected chi connectivity index (χ0v) is 65.0. The SMILES string of the molecule is CC/C=C\C/C=C\C/C=C\C/C=C\C/C=C\C/C=C\CCCCCCCCCCCCCCCCCCC(=O)OC(COC(=O)CCCCCCCCCCCCCCCCCCCCCCCCCCCCCCCCCCCCCCC)COC(OCC[N+](C)(C)C)C(=O)O. The van der Waals surface area contributed by atoms with E-state index >= 15 is 0 Å². The molecule has 97 heavy (non-hydrogen) atoms. The van der Waals surface area contributed by atoms with Crippen molar-refractivity contribution in [1.29, 1.82) is 0 Å². The van der Waals surface area contributed by atoms with Gasteiger partial charge in [-0.05, 0) is 64.2 Å². The molecule has 0 radical (unpaired) electrons. The van der Waals surface area contributed by atoms with Crippen molar-refractivity contribution in [1.82, 2.24) is 0 Å². The van der Waals surface area contributed by atoms with Gasteiger partial charge in [-0.15, -0.1) is 0 Å². The summed E-state index contributed by atoms with van der Waals surface area (Å²) in [7, 11) is 6.00. The molecule has 0 aliphatic rings. The Morgan fingerprint density at radius 2 is 0.588 bits per heavy atom. The van der Waals surface area contributed by atoms with Crippen LogP contribution >= 0.6 is 0 Å². The number of hydrogen-bond donors (Lipinski definition) is 1. The van der Waals surface area contributed by atoms with Gasteiger partial charge in [-0.3, -0.25) is 9.59 Å². The molecule has 0 aromatic carbocycles. The van der Waals surface area contributed by atoms with Crippen molar-refractivity contribution in [2.45, 2.75) is 424 Å². The Balaban J connectivity index is 3.96. The van der Waals surface area contributed by atoms with E-state index in [4.69, 9.17) is 18.9 Å². The molecule has 0 aliphatic heterocycles. The van der Waals surface area contributed by atoms with E-state index in [1.165, 1.54) is 308 Å². The van der Waals surface area contributed by atoms with Crippen molar-refractivity contribution in [2.75, 3.05) is 47.5 Å². The number of aliphatic carboxylic acids is 1. The molecular weight excluding hydrogens is 1200 g/mol. The zero-order chi connectivity index (χ0) is 70.4. The number of unbranched alkanes of at least 4 members (excludes halogenated alkanes) is 52. The van der Waals surface area contributed by atoms with Crippen LogP contribution in [0.4, 0.5) is 0 Å². The van der Waals surface area contributed by atoms with E-state index in [-0.39, 0.29) is 38.2 Å². The molecule has 0 saturated carbocycles. The molecule has 0 bridgehead atoms. The van der Waals surface area contributed by atoms with Gasteiger partial charge in [0.05, 0.1) is 34.4 Å². The van der Waals surface area contributed by atoms with Crippen LogP contribution in [0.1, 0.15) is 412 Å². The predicted molar refractivity (Wildman–Crippen MR) is 420 cm³/mol. The number of ether oxygens (including phenoxy) is 4. The Morgan fingerprint density at radius 3 is 0.876 bits per heavy atom. The summed E-state index contributed by atoms with van der Waals surface area (Å²) < 4.78 is 23.1. The first-order chi connectivity index (χ1) is 47.6. The van der Waals surface area contributed by atoms with E-state index in [0.29, 0.717) is 17.4 Å². The Morgan fingerprint density at radius 1 is 0.320 bits per heavy atom. The highest BCUT2D eigenvalue weighted by atomic mass is 16.7. The Bertz CT molecular complexity index is 1830. The number of quaternary nitrogens is 1. The van der Waals surface area contributed by atoms with Gasteiger partial charge in [0.15, 0.2) is 6.10 Å². The second-order valence-corrected chi connectivity index (χ2v) is 29.8. The van der Waals surface area contributed by atoms with Crippen molar-refractivity contribution >= 4 is 17.9 Å². The highest BCUT2D eigenvalue weighted by molar-refractivity contribution is 5.71. The van der Waals surface area contributed by atoms with Crippen LogP contribution in [0.2, 0.25) is 0 Å². The summed E-state index contributed by atoms with van der Waals surface area (Å²) in [6.07, 6.45) is 104. The van der Waals surface area contributed by atoms with Crippen LogP contribution in [-0.2, 0) is 33.3 Å². The smallest absolute Gasteiger partial charge is 0.361 e. The van der Waals surface area contributed by atoms with E-state index in [1.807, 2.05) is 21.1 Å². The highest BCUT2D eigenvalue weighted by Gasteiger charge is 2.25. The Hall–Kier alpha value is -3.27. The largest absolute Gasteiger partial charge is 0.477 e. The quantitative estimate of drug-likeness (QED) is 0.0211. The molecule has 1 N–H and O–H groups in total. The fourth-order valence-electron chi connectivity index (χ4n) is 12.6. The molecule has 0 saturated heterocycles. The summed E-state index contributed by atoms with van der Waals surface area (Å²) in [6.45, 7) is 4.83. The lowest BCUT2D eigenvalue weighted by molar-refractivity contribution is -0.870. The third-order valence-electron chi connectivity index (χ3n) is 19.0. The Labute approximate surface area is 602 Å². The molecule has 0 fully saturated rings. The van der Waals surface area contributed by atoms with E-state index in [1.54, 1.807) is 0 Å². The maximum atomic E-state index is 13.0. The number of allylic oxidation sites excluding steroid dienone is 12. The lowest BCUT2D eigenvalue weighted by atomic mass is 10.0. The molecule has 0 spiro atoms. The standard InChI is InChI=1S/C88H161NO8/c1-6-8-10-12-14-16-18-20-22-24-26-28-30-32-34-36-38-40-42-43-45-46-48-50-52-54-56-58-60-62-64-66-68-70-72-74-76-78-85(90)95-82-84(83-96-88(87(92)93)94-81-80-89(3,4)5)97-86(91)79-77-75-73-71-69-67-65-63-61-59-57-55-53-51-49-47-44-41-39-37-35-33-31-29-27-25-23-21-19-17-15-13-11-9-7-2/h9,11,15,17,21,23,27,29,33,35,39,41,84,88H,6-8,10,12-14,16,18-20,22,24-26,28,30-32,34,36-38,40,42-83H2,1-5H3/p+1/b11-9-,17-15-,23-21-,29-27-,35-33-,41-39-. The van der Waals surface area contributed by atoms with Gasteiger partial charge in [0.1, 0.15) is 13.2 Å². The third-order valence-corrected chi connectivity index (χ3v) is 19.0. The van der Waals surface area contributed by atoms with Crippen molar-refractivity contribution in [3.8, 4) is 0 Å². The molecule has 0 aliphatic carbocycles. The molecule has 9 heteroatoms. The van der Waals surface area contributed by atoms with Crippen molar-refractivity contribution in [2.24, 2.45) is 0 Å². The summed E-state index contributed by atoms with van der Waals surface area (Å²) in [5, 5.41) is 9.78. The predicted octanol–water partition coefficient (Wildman–Crippen LogP) is 27.2. The number of hydrogen-bond acceptors (Lipinski definition) is 7. The summed E-state index contributed by atoms with van der Waals surface area (Å²) in [5.74, 6) is -1.98. The molecule has 2 atom stereocenters. The monoisotopic (exact) mass is 1360 g/mol. The first-order valence-corrected chi connectivity index (χ1v) is 42.1. The van der Waals surface area contributed by atoms with Gasteiger partial charge >= 0.3 is 17.9 Å². The van der Waals surface area contributed by atoms with Gasteiger partial charge in [-0.1, -0.05) is 408 Å². The number of rotatable bonds is 79. The van der Waals surface area contributed by atoms with E-state index < -0.39 is 18.4 Å². The number of carboxylic acid groups (broad SMARTS) is 1. The average molecular weight is 1360 g/mol. The van der Waals surface area contributed by atoms with Crippen LogP contribution in [0.25, 0.3) is 0 Å². The maximum absolute atomic E-state index is 13.0. The fourth-order valence-corrected chi connectivity index (χ4v) is 12.6. The zero-order valence-electron chi connectivity index (χ0n) is 65.0.